The van der Waals surface area contributed by atoms with Crippen molar-refractivity contribution in [2.75, 3.05) is 20.3 Å². The molecule has 1 N–H and O–H groups in total. The Kier molecular flexibility index (Phi) is 7.87. The molecule has 0 radical (unpaired) electrons. The van der Waals surface area contributed by atoms with E-state index in [-0.39, 0.29) is 25.0 Å². The van der Waals surface area contributed by atoms with Gasteiger partial charge in [-0.3, -0.25) is 9.59 Å². The first-order valence-corrected chi connectivity index (χ1v) is 9.34. The number of carbonyl (C=O) groups is 2. The van der Waals surface area contributed by atoms with Gasteiger partial charge in [0.1, 0.15) is 17.5 Å². The molecule has 0 saturated carbocycles. The minimum atomic E-state index is -0.625. The van der Waals surface area contributed by atoms with Gasteiger partial charge in [-0.2, -0.15) is 0 Å². The van der Waals surface area contributed by atoms with Crippen LogP contribution in [0.15, 0.2) is 48.5 Å². The Hall–Kier alpha value is -3.02. The first-order valence-electron chi connectivity index (χ1n) is 9.34. The van der Waals surface area contributed by atoms with Gasteiger partial charge in [-0.05, 0) is 56.2 Å². The van der Waals surface area contributed by atoms with Crippen molar-refractivity contribution >= 4 is 11.8 Å². The monoisotopic (exact) mass is 384 g/mol. The fourth-order valence-electron chi connectivity index (χ4n) is 2.81. The molecule has 1 unspecified atom stereocenters. The van der Waals surface area contributed by atoms with Crippen LogP contribution < -0.4 is 14.8 Å². The van der Waals surface area contributed by atoms with E-state index in [4.69, 9.17) is 9.47 Å². The van der Waals surface area contributed by atoms with Crippen LogP contribution in [0.4, 0.5) is 0 Å². The smallest absolute Gasteiger partial charge is 0.261 e. The summed E-state index contributed by atoms with van der Waals surface area (Å²) in [5.41, 5.74) is 1.92. The predicted octanol–water partition coefficient (Wildman–Crippen LogP) is 2.94. The molecule has 2 amide bonds. The maximum atomic E-state index is 12.9. The van der Waals surface area contributed by atoms with Crippen LogP contribution in [0, 0.1) is 6.92 Å². The molecule has 0 bridgehead atoms. The summed E-state index contributed by atoms with van der Waals surface area (Å²) in [4.78, 5) is 26.8. The minimum Gasteiger partial charge on any atom is -0.497 e. The molecule has 0 heterocycles. The lowest BCUT2D eigenvalue weighted by Crippen LogP contribution is -2.49. The number of amides is 2. The number of likely N-dealkylation sites (N-methyl/N-ethyl adjacent to an activating group) is 1. The third kappa shape index (κ3) is 6.01. The number of benzene rings is 2. The van der Waals surface area contributed by atoms with Gasteiger partial charge in [0.15, 0.2) is 6.61 Å². The molecular formula is C22H28N2O4. The number of ether oxygens (including phenoxy) is 2. The summed E-state index contributed by atoms with van der Waals surface area (Å²) in [6.07, 6.45) is 0. The van der Waals surface area contributed by atoms with Gasteiger partial charge in [-0.1, -0.05) is 24.3 Å². The van der Waals surface area contributed by atoms with Gasteiger partial charge in [0.05, 0.1) is 7.11 Å². The van der Waals surface area contributed by atoms with Crippen molar-refractivity contribution in [3.63, 3.8) is 0 Å². The van der Waals surface area contributed by atoms with Crippen LogP contribution >= 0.6 is 0 Å². The lowest BCUT2D eigenvalue weighted by atomic mass is 10.1. The Morgan fingerprint density at radius 2 is 1.82 bits per heavy atom. The summed E-state index contributed by atoms with van der Waals surface area (Å²) >= 11 is 0. The number of hydrogen-bond acceptors (Lipinski definition) is 4. The Morgan fingerprint density at radius 1 is 1.11 bits per heavy atom. The molecule has 2 rings (SSSR count). The highest BCUT2D eigenvalue weighted by Crippen LogP contribution is 2.17. The number of nitrogens with one attached hydrogen (secondary N) is 1. The zero-order valence-electron chi connectivity index (χ0n) is 16.9. The molecule has 1 atom stereocenters. The maximum absolute atomic E-state index is 12.9. The third-order valence-electron chi connectivity index (χ3n) is 4.36. The molecule has 6 heteroatoms. The van der Waals surface area contributed by atoms with Crippen LogP contribution in [-0.4, -0.2) is 43.0 Å². The summed E-state index contributed by atoms with van der Waals surface area (Å²) in [6.45, 7) is 6.17. The molecule has 2 aromatic carbocycles. The van der Waals surface area contributed by atoms with Crippen LogP contribution in [-0.2, 0) is 16.1 Å². The highest BCUT2D eigenvalue weighted by molar-refractivity contribution is 5.87. The molecule has 2 aromatic rings. The van der Waals surface area contributed by atoms with E-state index < -0.39 is 6.04 Å². The van der Waals surface area contributed by atoms with Crippen molar-refractivity contribution in [3.05, 3.63) is 59.7 Å². The Morgan fingerprint density at radius 3 is 2.50 bits per heavy atom. The Balaban J connectivity index is 2.15. The molecule has 0 aliphatic heterocycles. The molecular weight excluding hydrogens is 356 g/mol. The second-order valence-corrected chi connectivity index (χ2v) is 6.55. The fourth-order valence-corrected chi connectivity index (χ4v) is 2.81. The summed E-state index contributed by atoms with van der Waals surface area (Å²) in [7, 11) is 1.59. The van der Waals surface area contributed by atoms with Gasteiger partial charge < -0.3 is 19.7 Å². The van der Waals surface area contributed by atoms with E-state index in [0.717, 1.165) is 11.1 Å². The lowest BCUT2D eigenvalue weighted by molar-refractivity contribution is -0.142. The topological polar surface area (TPSA) is 67.9 Å². The molecule has 0 fully saturated rings. The average molecular weight is 384 g/mol. The largest absolute Gasteiger partial charge is 0.497 e. The van der Waals surface area contributed by atoms with Gasteiger partial charge in [-0.25, -0.2) is 0 Å². The molecule has 0 aromatic heterocycles. The van der Waals surface area contributed by atoms with Crippen molar-refractivity contribution in [1.82, 2.24) is 10.2 Å². The number of hydrogen-bond donors (Lipinski definition) is 1. The summed E-state index contributed by atoms with van der Waals surface area (Å²) in [5, 5.41) is 2.77. The van der Waals surface area contributed by atoms with E-state index in [1.165, 1.54) is 4.90 Å². The van der Waals surface area contributed by atoms with Crippen LogP contribution in [0.3, 0.4) is 0 Å². The van der Waals surface area contributed by atoms with Gasteiger partial charge in [0.2, 0.25) is 5.91 Å². The van der Waals surface area contributed by atoms with Crippen molar-refractivity contribution in [2.45, 2.75) is 33.4 Å². The van der Waals surface area contributed by atoms with Gasteiger partial charge in [-0.15, -0.1) is 0 Å². The normalized spacial score (nSPS) is 11.4. The van der Waals surface area contributed by atoms with Gasteiger partial charge >= 0.3 is 0 Å². The van der Waals surface area contributed by atoms with Gasteiger partial charge in [0, 0.05) is 13.1 Å². The second-order valence-electron chi connectivity index (χ2n) is 6.55. The molecule has 6 nitrogen and oxygen atoms in total. The van der Waals surface area contributed by atoms with E-state index in [1.54, 1.807) is 20.1 Å². The standard InChI is InChI=1S/C22H28N2O4/c1-5-23-22(26)17(3)24(14-18-9-7-10-19(13-18)27-4)21(25)15-28-20-11-6-8-16(2)12-20/h6-13,17H,5,14-15H2,1-4H3,(H,23,26). The molecule has 150 valence electrons. The summed E-state index contributed by atoms with van der Waals surface area (Å²) < 4.78 is 10.9. The molecule has 0 aliphatic carbocycles. The highest BCUT2D eigenvalue weighted by Gasteiger charge is 2.26. The van der Waals surface area contributed by atoms with Crippen molar-refractivity contribution in [2.24, 2.45) is 0 Å². The van der Waals surface area contributed by atoms with Gasteiger partial charge in [0.25, 0.3) is 5.91 Å². The van der Waals surface area contributed by atoms with E-state index in [0.29, 0.717) is 18.0 Å². The fraction of sp³-hybridized carbons (Fsp3) is 0.364. The second kappa shape index (κ2) is 10.3. The van der Waals surface area contributed by atoms with Crippen LogP contribution in [0.5, 0.6) is 11.5 Å². The van der Waals surface area contributed by atoms with E-state index >= 15 is 0 Å². The summed E-state index contributed by atoms with van der Waals surface area (Å²) in [6, 6.07) is 14.3. The quantitative estimate of drug-likeness (QED) is 0.722. The highest BCUT2D eigenvalue weighted by atomic mass is 16.5. The minimum absolute atomic E-state index is 0.142. The number of rotatable bonds is 9. The molecule has 0 aliphatic rings. The van der Waals surface area contributed by atoms with Crippen molar-refractivity contribution < 1.29 is 19.1 Å². The number of aryl methyl sites for hydroxylation is 1. The molecule has 0 spiro atoms. The van der Waals surface area contributed by atoms with Crippen LogP contribution in [0.25, 0.3) is 0 Å². The predicted molar refractivity (Wildman–Crippen MR) is 108 cm³/mol. The molecule has 28 heavy (non-hydrogen) atoms. The average Bonchev–Trinajstić information content (AvgIpc) is 2.70. The van der Waals surface area contributed by atoms with Crippen molar-refractivity contribution in [3.8, 4) is 11.5 Å². The van der Waals surface area contributed by atoms with E-state index in [2.05, 4.69) is 5.32 Å². The third-order valence-corrected chi connectivity index (χ3v) is 4.36. The Labute approximate surface area is 166 Å². The number of nitrogens with zero attached hydrogens (tertiary/aromatic N) is 1. The summed E-state index contributed by atoms with van der Waals surface area (Å²) in [5.74, 6) is 0.865. The first-order chi connectivity index (χ1) is 13.4. The number of methoxy groups -OCH3 is 1. The lowest BCUT2D eigenvalue weighted by Gasteiger charge is -2.28. The molecule has 0 saturated heterocycles. The van der Waals surface area contributed by atoms with E-state index in [1.807, 2.05) is 56.3 Å². The maximum Gasteiger partial charge on any atom is 0.261 e. The van der Waals surface area contributed by atoms with Crippen molar-refractivity contribution in [1.29, 1.82) is 0 Å². The first kappa shape index (κ1) is 21.3. The zero-order chi connectivity index (χ0) is 20.5. The zero-order valence-corrected chi connectivity index (χ0v) is 16.9. The van der Waals surface area contributed by atoms with Crippen LogP contribution in [0.2, 0.25) is 0 Å². The van der Waals surface area contributed by atoms with Crippen LogP contribution in [0.1, 0.15) is 25.0 Å². The SMILES string of the molecule is CCNC(=O)C(C)N(Cc1cccc(OC)c1)C(=O)COc1cccc(C)c1. The number of carbonyl (C=O) groups excluding carboxylic acids is 2. The Bertz CT molecular complexity index is 807. The van der Waals surface area contributed by atoms with E-state index in [9.17, 15) is 9.59 Å².